The first-order valence-electron chi connectivity index (χ1n) is 3.58. The predicted octanol–water partition coefficient (Wildman–Crippen LogP) is 3.06. The van der Waals surface area contributed by atoms with Crippen LogP contribution in [0.4, 0.5) is 5.69 Å². The quantitative estimate of drug-likeness (QED) is 0.363. The first kappa shape index (κ1) is 11.4. The van der Waals surface area contributed by atoms with Crippen molar-refractivity contribution in [2.24, 2.45) is 0 Å². The van der Waals surface area contributed by atoms with Gasteiger partial charge >= 0.3 is 0 Å². The van der Waals surface area contributed by atoms with Gasteiger partial charge in [0.15, 0.2) is 5.78 Å². The fraction of sp³-hybridized carbons (Fsp3) is 0.125. The molecule has 0 aliphatic carbocycles. The van der Waals surface area contributed by atoms with Gasteiger partial charge in [-0.3, -0.25) is 14.9 Å². The van der Waals surface area contributed by atoms with Crippen LogP contribution in [0.3, 0.4) is 0 Å². The highest BCUT2D eigenvalue weighted by molar-refractivity contribution is 14.1. The molecule has 74 valence electrons. The molecule has 4 nitrogen and oxygen atoms in total. The zero-order chi connectivity index (χ0) is 10.9. The minimum atomic E-state index is -0.575. The Balaban J connectivity index is 3.41. The maximum atomic E-state index is 11.1. The van der Waals surface area contributed by atoms with E-state index in [2.05, 4.69) is 0 Å². The number of nitro benzene ring substituents is 1. The molecule has 1 rings (SSSR count). The molecule has 0 saturated heterocycles. The van der Waals surface area contributed by atoms with E-state index in [1.807, 2.05) is 22.6 Å². The number of benzene rings is 1. The van der Waals surface area contributed by atoms with Crippen LogP contribution in [0.1, 0.15) is 17.3 Å². The first-order valence-corrected chi connectivity index (χ1v) is 5.04. The number of nitro groups is 1. The van der Waals surface area contributed by atoms with E-state index in [-0.39, 0.29) is 16.5 Å². The first-order chi connectivity index (χ1) is 6.45. The molecule has 0 aliphatic rings. The number of hydrogen-bond acceptors (Lipinski definition) is 3. The SMILES string of the molecule is CC(=O)c1ccc([N+](=O)[O-])c(Cl)c1I. The van der Waals surface area contributed by atoms with Gasteiger partial charge in [-0.25, -0.2) is 0 Å². The number of carbonyl (C=O) groups is 1. The number of Topliss-reactive ketones (excluding diaryl/α,β-unsaturated/α-hetero) is 1. The van der Waals surface area contributed by atoms with E-state index in [0.717, 1.165) is 0 Å². The Labute approximate surface area is 98.5 Å². The third kappa shape index (κ3) is 2.03. The van der Waals surface area contributed by atoms with Crippen molar-refractivity contribution in [2.75, 3.05) is 0 Å². The van der Waals surface area contributed by atoms with E-state index < -0.39 is 4.92 Å². The summed E-state index contributed by atoms with van der Waals surface area (Å²) in [4.78, 5) is 21.0. The van der Waals surface area contributed by atoms with E-state index in [9.17, 15) is 14.9 Å². The van der Waals surface area contributed by atoms with E-state index in [0.29, 0.717) is 9.13 Å². The van der Waals surface area contributed by atoms with Crippen molar-refractivity contribution in [3.05, 3.63) is 36.4 Å². The van der Waals surface area contributed by atoms with Crippen LogP contribution in [0.25, 0.3) is 0 Å². The van der Waals surface area contributed by atoms with Gasteiger partial charge in [-0.2, -0.15) is 0 Å². The monoisotopic (exact) mass is 325 g/mol. The molecule has 0 heterocycles. The molecule has 0 aromatic heterocycles. The van der Waals surface area contributed by atoms with Gasteiger partial charge in [-0.05, 0) is 35.6 Å². The summed E-state index contributed by atoms with van der Waals surface area (Å²) in [7, 11) is 0. The molecule has 6 heteroatoms. The second-order valence-corrected chi connectivity index (χ2v) is 4.03. The molecule has 0 atom stereocenters. The summed E-state index contributed by atoms with van der Waals surface area (Å²) in [5.41, 5.74) is 0.224. The Morgan fingerprint density at radius 1 is 1.57 bits per heavy atom. The maximum absolute atomic E-state index is 11.1. The fourth-order valence-corrected chi connectivity index (χ4v) is 2.02. The molecule has 0 spiro atoms. The highest BCUT2D eigenvalue weighted by atomic mass is 127. The van der Waals surface area contributed by atoms with Gasteiger partial charge < -0.3 is 0 Å². The molecule has 0 unspecified atom stereocenters. The average molecular weight is 325 g/mol. The van der Waals surface area contributed by atoms with Crippen LogP contribution < -0.4 is 0 Å². The summed E-state index contributed by atoms with van der Waals surface area (Å²) in [5.74, 6) is -0.161. The van der Waals surface area contributed by atoms with Gasteiger partial charge in [-0.15, -0.1) is 0 Å². The van der Waals surface area contributed by atoms with E-state index in [1.54, 1.807) is 0 Å². The fourth-order valence-electron chi connectivity index (χ4n) is 0.952. The number of nitrogens with zero attached hydrogens (tertiary/aromatic N) is 1. The molecule has 0 fully saturated rings. The number of hydrogen-bond donors (Lipinski definition) is 0. The second kappa shape index (κ2) is 4.22. The summed E-state index contributed by atoms with van der Waals surface area (Å²) in [6.45, 7) is 1.39. The zero-order valence-electron chi connectivity index (χ0n) is 7.08. The van der Waals surface area contributed by atoms with Crippen LogP contribution in [0.15, 0.2) is 12.1 Å². The van der Waals surface area contributed by atoms with Crippen LogP contribution in [0, 0.1) is 13.7 Å². The summed E-state index contributed by atoms with van der Waals surface area (Å²) < 4.78 is 0.422. The largest absolute Gasteiger partial charge is 0.294 e. The molecular formula is C8H5ClINO3. The van der Waals surface area contributed by atoms with Crippen LogP contribution >= 0.6 is 34.2 Å². The highest BCUT2D eigenvalue weighted by Gasteiger charge is 2.18. The highest BCUT2D eigenvalue weighted by Crippen LogP contribution is 2.31. The molecule has 0 aliphatic heterocycles. The summed E-state index contributed by atoms with van der Waals surface area (Å²) in [6, 6.07) is 2.65. The molecule has 0 bridgehead atoms. The van der Waals surface area contributed by atoms with Crippen molar-refractivity contribution >= 4 is 45.7 Å². The normalized spacial score (nSPS) is 9.93. The van der Waals surface area contributed by atoms with Gasteiger partial charge in [0.25, 0.3) is 5.69 Å². The third-order valence-corrected chi connectivity index (χ3v) is 3.46. The van der Waals surface area contributed by atoms with Crippen LogP contribution in [0.2, 0.25) is 5.02 Å². The van der Waals surface area contributed by atoms with Crippen molar-refractivity contribution in [2.45, 2.75) is 6.92 Å². The third-order valence-electron chi connectivity index (χ3n) is 1.64. The van der Waals surface area contributed by atoms with Crippen molar-refractivity contribution < 1.29 is 9.72 Å². The van der Waals surface area contributed by atoms with Crippen molar-refractivity contribution in [1.82, 2.24) is 0 Å². The Morgan fingerprint density at radius 2 is 2.14 bits per heavy atom. The van der Waals surface area contributed by atoms with Crippen LogP contribution in [-0.4, -0.2) is 10.7 Å². The second-order valence-electron chi connectivity index (χ2n) is 2.57. The van der Waals surface area contributed by atoms with Gasteiger partial charge in [0.1, 0.15) is 5.02 Å². The molecule has 1 aromatic carbocycles. The lowest BCUT2D eigenvalue weighted by Gasteiger charge is -2.02. The Hall–Kier alpha value is -0.690. The molecule has 1 aromatic rings. The minimum Gasteiger partial charge on any atom is -0.294 e. The zero-order valence-corrected chi connectivity index (χ0v) is 10.00. The lowest BCUT2D eigenvalue weighted by atomic mass is 10.1. The number of halogens is 2. The van der Waals surface area contributed by atoms with Gasteiger partial charge in [0.2, 0.25) is 0 Å². The number of carbonyl (C=O) groups excluding carboxylic acids is 1. The van der Waals surface area contributed by atoms with Crippen LogP contribution in [-0.2, 0) is 0 Å². The van der Waals surface area contributed by atoms with E-state index in [4.69, 9.17) is 11.6 Å². The summed E-state index contributed by atoms with van der Waals surface area (Å²) in [5, 5.41) is 10.5. The van der Waals surface area contributed by atoms with Gasteiger partial charge in [0.05, 0.1) is 4.92 Å². The minimum absolute atomic E-state index is 0.0169. The molecule has 0 amide bonds. The summed E-state index contributed by atoms with van der Waals surface area (Å²) in [6.07, 6.45) is 0. The predicted molar refractivity (Wildman–Crippen MR) is 60.8 cm³/mol. The van der Waals surface area contributed by atoms with Crippen molar-refractivity contribution in [3.63, 3.8) is 0 Å². The maximum Gasteiger partial charge on any atom is 0.289 e. The van der Waals surface area contributed by atoms with Crippen LogP contribution in [0.5, 0.6) is 0 Å². The van der Waals surface area contributed by atoms with Gasteiger partial charge in [-0.1, -0.05) is 11.6 Å². The molecular weight excluding hydrogens is 320 g/mol. The average Bonchev–Trinajstić information content (AvgIpc) is 2.08. The molecule has 0 radical (unpaired) electrons. The molecule has 0 N–H and O–H groups in total. The topological polar surface area (TPSA) is 60.2 Å². The number of ketones is 1. The Kier molecular flexibility index (Phi) is 3.43. The summed E-state index contributed by atoms with van der Waals surface area (Å²) >= 11 is 7.56. The van der Waals surface area contributed by atoms with Crippen molar-refractivity contribution in [1.29, 1.82) is 0 Å². The van der Waals surface area contributed by atoms with Crippen molar-refractivity contribution in [3.8, 4) is 0 Å². The number of rotatable bonds is 2. The van der Waals surface area contributed by atoms with E-state index in [1.165, 1.54) is 19.1 Å². The molecule has 0 saturated carbocycles. The lowest BCUT2D eigenvalue weighted by Crippen LogP contribution is -1.99. The standard InChI is InChI=1S/C8H5ClINO3/c1-4(12)5-2-3-6(11(13)14)7(9)8(5)10/h2-3H,1H3. The molecule has 14 heavy (non-hydrogen) atoms. The van der Waals surface area contributed by atoms with E-state index >= 15 is 0 Å². The van der Waals surface area contributed by atoms with Gasteiger partial charge in [0, 0.05) is 15.2 Å². The lowest BCUT2D eigenvalue weighted by molar-refractivity contribution is -0.384. The Bertz CT molecular complexity index is 380. The Morgan fingerprint density at radius 3 is 2.57 bits per heavy atom. The smallest absolute Gasteiger partial charge is 0.289 e.